The number of aromatic nitrogens is 3. The molecule has 5 heteroatoms. The van der Waals surface area contributed by atoms with E-state index in [1.165, 1.54) is 10.9 Å². The fraction of sp³-hybridized carbons (Fsp3) is 0.200. The first-order valence-corrected chi connectivity index (χ1v) is 6.56. The number of benzene rings is 1. The topological polar surface area (TPSA) is 62.7 Å². The van der Waals surface area contributed by atoms with E-state index in [-0.39, 0.29) is 5.91 Å². The van der Waals surface area contributed by atoms with Crippen LogP contribution in [0.25, 0.3) is 10.9 Å². The molecule has 0 spiro atoms. The number of aryl methyl sites for hydroxylation is 1. The van der Waals surface area contributed by atoms with E-state index in [2.05, 4.69) is 21.5 Å². The summed E-state index contributed by atoms with van der Waals surface area (Å²) in [6.07, 6.45) is 6.08. The van der Waals surface area contributed by atoms with Gasteiger partial charge in [-0.15, -0.1) is 0 Å². The van der Waals surface area contributed by atoms with Crippen LogP contribution in [0.15, 0.2) is 42.9 Å². The van der Waals surface area contributed by atoms with Crippen molar-refractivity contribution in [1.29, 1.82) is 0 Å². The minimum atomic E-state index is -0.0852. The standard InChI is InChI=1S/C15H16N4O/c1-19-10-12(9-18-19)15(20)16-7-6-11-8-17-14-5-3-2-4-13(11)14/h2-5,8-10,17H,6-7H2,1H3,(H,16,20). The van der Waals surface area contributed by atoms with Gasteiger partial charge in [0.1, 0.15) is 0 Å². The maximum Gasteiger partial charge on any atom is 0.254 e. The second kappa shape index (κ2) is 5.21. The van der Waals surface area contributed by atoms with Crippen LogP contribution < -0.4 is 5.32 Å². The molecular weight excluding hydrogens is 252 g/mol. The molecule has 5 nitrogen and oxygen atoms in total. The first kappa shape index (κ1) is 12.5. The number of aromatic amines is 1. The summed E-state index contributed by atoms with van der Waals surface area (Å²) in [7, 11) is 1.79. The fourth-order valence-electron chi connectivity index (χ4n) is 2.29. The number of nitrogens with one attached hydrogen (secondary N) is 2. The Labute approximate surface area is 116 Å². The van der Waals surface area contributed by atoms with Gasteiger partial charge in [-0.2, -0.15) is 5.10 Å². The van der Waals surface area contributed by atoms with Crippen LogP contribution in [0.5, 0.6) is 0 Å². The monoisotopic (exact) mass is 268 g/mol. The lowest BCUT2D eigenvalue weighted by Crippen LogP contribution is -2.25. The molecule has 20 heavy (non-hydrogen) atoms. The quantitative estimate of drug-likeness (QED) is 0.759. The highest BCUT2D eigenvalue weighted by atomic mass is 16.1. The predicted octanol–water partition coefficient (Wildman–Crippen LogP) is 1.87. The molecule has 0 saturated heterocycles. The Balaban J connectivity index is 1.61. The molecule has 2 heterocycles. The number of rotatable bonds is 4. The largest absolute Gasteiger partial charge is 0.361 e. The minimum Gasteiger partial charge on any atom is -0.361 e. The van der Waals surface area contributed by atoms with Crippen LogP contribution in [0.1, 0.15) is 15.9 Å². The van der Waals surface area contributed by atoms with E-state index < -0.39 is 0 Å². The Hall–Kier alpha value is -2.56. The molecule has 1 aromatic carbocycles. The van der Waals surface area contributed by atoms with Gasteiger partial charge >= 0.3 is 0 Å². The Morgan fingerprint density at radius 3 is 3.05 bits per heavy atom. The minimum absolute atomic E-state index is 0.0852. The Bertz CT molecular complexity index is 741. The van der Waals surface area contributed by atoms with Crippen LogP contribution in [0.4, 0.5) is 0 Å². The summed E-state index contributed by atoms with van der Waals surface area (Å²) >= 11 is 0. The summed E-state index contributed by atoms with van der Waals surface area (Å²) in [5.41, 5.74) is 2.93. The number of nitrogens with zero attached hydrogens (tertiary/aromatic N) is 2. The van der Waals surface area contributed by atoms with E-state index in [1.54, 1.807) is 24.1 Å². The maximum absolute atomic E-state index is 11.9. The SMILES string of the molecule is Cn1cc(C(=O)NCCc2c[nH]c3ccccc23)cn1. The smallest absolute Gasteiger partial charge is 0.254 e. The van der Waals surface area contributed by atoms with Crippen molar-refractivity contribution in [1.82, 2.24) is 20.1 Å². The van der Waals surface area contributed by atoms with Crippen LogP contribution in [0.2, 0.25) is 0 Å². The fourth-order valence-corrected chi connectivity index (χ4v) is 2.29. The van der Waals surface area contributed by atoms with E-state index in [1.807, 2.05) is 24.4 Å². The van der Waals surface area contributed by atoms with Gasteiger partial charge in [0.2, 0.25) is 0 Å². The lowest BCUT2D eigenvalue weighted by Gasteiger charge is -2.02. The molecule has 0 fully saturated rings. The van der Waals surface area contributed by atoms with Crippen LogP contribution >= 0.6 is 0 Å². The summed E-state index contributed by atoms with van der Waals surface area (Å²) in [5, 5.41) is 8.11. The lowest BCUT2D eigenvalue weighted by atomic mass is 10.1. The van der Waals surface area contributed by atoms with Crippen molar-refractivity contribution >= 4 is 16.8 Å². The molecule has 3 aromatic rings. The molecule has 2 N–H and O–H groups in total. The molecule has 0 atom stereocenters. The second-order valence-electron chi connectivity index (χ2n) is 4.77. The third kappa shape index (κ3) is 2.42. The molecule has 2 aromatic heterocycles. The van der Waals surface area contributed by atoms with Crippen molar-refractivity contribution in [2.45, 2.75) is 6.42 Å². The number of carbonyl (C=O) groups is 1. The zero-order valence-electron chi connectivity index (χ0n) is 11.3. The van der Waals surface area contributed by atoms with Gasteiger partial charge in [-0.05, 0) is 18.1 Å². The maximum atomic E-state index is 11.9. The number of hydrogen-bond acceptors (Lipinski definition) is 2. The third-order valence-corrected chi connectivity index (χ3v) is 3.32. The van der Waals surface area contributed by atoms with E-state index in [0.29, 0.717) is 12.1 Å². The summed E-state index contributed by atoms with van der Waals surface area (Å²) < 4.78 is 1.62. The molecule has 0 aliphatic rings. The molecule has 0 aliphatic heterocycles. The van der Waals surface area contributed by atoms with Gasteiger partial charge in [-0.25, -0.2) is 0 Å². The Morgan fingerprint density at radius 2 is 2.25 bits per heavy atom. The van der Waals surface area contributed by atoms with E-state index >= 15 is 0 Å². The predicted molar refractivity (Wildman–Crippen MR) is 77.5 cm³/mol. The lowest BCUT2D eigenvalue weighted by molar-refractivity contribution is 0.0954. The van der Waals surface area contributed by atoms with Crippen LogP contribution in [0, 0.1) is 0 Å². The molecule has 102 valence electrons. The van der Waals surface area contributed by atoms with Crippen LogP contribution in [-0.2, 0) is 13.5 Å². The zero-order valence-corrected chi connectivity index (χ0v) is 11.3. The summed E-state index contributed by atoms with van der Waals surface area (Å²) in [6.45, 7) is 0.607. The number of fused-ring (bicyclic) bond motifs is 1. The first-order valence-electron chi connectivity index (χ1n) is 6.56. The highest BCUT2D eigenvalue weighted by Crippen LogP contribution is 2.17. The number of hydrogen-bond donors (Lipinski definition) is 2. The average molecular weight is 268 g/mol. The molecule has 0 unspecified atom stereocenters. The van der Waals surface area contributed by atoms with Crippen LogP contribution in [-0.4, -0.2) is 27.2 Å². The second-order valence-corrected chi connectivity index (χ2v) is 4.77. The first-order chi connectivity index (χ1) is 9.74. The van der Waals surface area contributed by atoms with Gasteiger partial charge in [0.15, 0.2) is 0 Å². The summed E-state index contributed by atoms with van der Waals surface area (Å²) in [4.78, 5) is 15.1. The van der Waals surface area contributed by atoms with Crippen molar-refractivity contribution in [3.8, 4) is 0 Å². The normalized spacial score (nSPS) is 10.8. The molecule has 3 rings (SSSR count). The third-order valence-electron chi connectivity index (χ3n) is 3.32. The Kier molecular flexibility index (Phi) is 3.25. The molecule has 0 bridgehead atoms. The number of carbonyl (C=O) groups excluding carboxylic acids is 1. The highest BCUT2D eigenvalue weighted by molar-refractivity contribution is 5.93. The Morgan fingerprint density at radius 1 is 1.40 bits per heavy atom. The van der Waals surface area contributed by atoms with Crippen LogP contribution in [0.3, 0.4) is 0 Å². The molecule has 0 aliphatic carbocycles. The van der Waals surface area contributed by atoms with Gasteiger partial charge in [0, 0.05) is 36.9 Å². The van der Waals surface area contributed by atoms with Gasteiger partial charge in [0.05, 0.1) is 11.8 Å². The molecule has 0 saturated carbocycles. The van der Waals surface area contributed by atoms with Gasteiger partial charge in [0.25, 0.3) is 5.91 Å². The van der Waals surface area contributed by atoms with E-state index in [4.69, 9.17) is 0 Å². The van der Waals surface area contributed by atoms with Gasteiger partial charge in [-0.1, -0.05) is 18.2 Å². The van der Waals surface area contributed by atoms with Gasteiger partial charge < -0.3 is 10.3 Å². The van der Waals surface area contributed by atoms with E-state index in [9.17, 15) is 4.79 Å². The molecule has 0 radical (unpaired) electrons. The molecular formula is C15H16N4O. The average Bonchev–Trinajstić information content (AvgIpc) is 3.06. The molecule has 1 amide bonds. The summed E-state index contributed by atoms with van der Waals surface area (Å²) in [5.74, 6) is -0.0852. The number of amides is 1. The van der Waals surface area contributed by atoms with Crippen molar-refractivity contribution in [2.75, 3.05) is 6.54 Å². The highest BCUT2D eigenvalue weighted by Gasteiger charge is 2.08. The van der Waals surface area contributed by atoms with Gasteiger partial charge in [-0.3, -0.25) is 9.48 Å². The summed E-state index contributed by atoms with van der Waals surface area (Å²) in [6, 6.07) is 8.16. The van der Waals surface area contributed by atoms with Crippen molar-refractivity contribution in [2.24, 2.45) is 7.05 Å². The van der Waals surface area contributed by atoms with Crippen molar-refractivity contribution in [3.63, 3.8) is 0 Å². The van der Waals surface area contributed by atoms with Crippen molar-refractivity contribution in [3.05, 3.63) is 54.0 Å². The number of H-pyrrole nitrogens is 1. The van der Waals surface area contributed by atoms with Crippen molar-refractivity contribution < 1.29 is 4.79 Å². The van der Waals surface area contributed by atoms with E-state index in [0.717, 1.165) is 11.9 Å². The number of para-hydroxylation sites is 1. The zero-order chi connectivity index (χ0) is 13.9.